The first-order valence-corrected chi connectivity index (χ1v) is 3.57. The number of carbonyl (C=O) groups excluding carboxylic acids is 1. The van der Waals surface area contributed by atoms with Crippen LogP contribution in [0.5, 0.6) is 0 Å². The third-order valence-corrected chi connectivity index (χ3v) is 1.46. The van der Waals surface area contributed by atoms with Gasteiger partial charge in [0.15, 0.2) is 0 Å². The van der Waals surface area contributed by atoms with Crippen LogP contribution in [-0.4, -0.2) is 15.9 Å². The lowest BCUT2D eigenvalue weighted by Crippen LogP contribution is -1.77. The highest BCUT2D eigenvalue weighted by atomic mass is 32.1. The summed E-state index contributed by atoms with van der Waals surface area (Å²) < 4.78 is 3.64. The zero-order chi connectivity index (χ0) is 7.40. The Kier molecular flexibility index (Phi) is 2.28. The van der Waals surface area contributed by atoms with Gasteiger partial charge in [-0.15, -0.1) is 5.10 Å². The molecule has 0 N–H and O–H groups in total. The quantitative estimate of drug-likeness (QED) is 0.474. The van der Waals surface area contributed by atoms with E-state index >= 15 is 0 Å². The molecule has 0 aliphatic carbocycles. The monoisotopic (exact) mass is 154 g/mol. The summed E-state index contributed by atoms with van der Waals surface area (Å²) in [4.78, 5) is 10.1. The number of aromatic nitrogens is 2. The van der Waals surface area contributed by atoms with Crippen molar-refractivity contribution in [1.29, 1.82) is 0 Å². The van der Waals surface area contributed by atoms with Crippen molar-refractivity contribution in [2.24, 2.45) is 0 Å². The molecule has 0 aromatic carbocycles. The fraction of sp³-hybridized carbons (Fsp3) is 0.167. The van der Waals surface area contributed by atoms with Crippen molar-refractivity contribution in [3.05, 3.63) is 16.6 Å². The molecule has 0 bridgehead atoms. The van der Waals surface area contributed by atoms with Gasteiger partial charge in [0.05, 0.1) is 5.69 Å². The number of nitrogens with zero attached hydrogens (tertiary/aromatic N) is 2. The molecule has 4 heteroatoms. The summed E-state index contributed by atoms with van der Waals surface area (Å²) in [7, 11) is 0. The first kappa shape index (κ1) is 7.08. The minimum atomic E-state index is 0.660. The summed E-state index contributed by atoms with van der Waals surface area (Å²) in [6.07, 6.45) is 2.48. The number of hydrogen-bond donors (Lipinski definition) is 0. The van der Waals surface area contributed by atoms with Gasteiger partial charge in [0.25, 0.3) is 0 Å². The zero-order valence-electron chi connectivity index (χ0n) is 5.44. The molecule has 0 spiro atoms. The Morgan fingerprint density at radius 3 is 3.10 bits per heavy atom. The first-order chi connectivity index (χ1) is 4.83. The van der Waals surface area contributed by atoms with Crippen LogP contribution in [0.1, 0.15) is 12.6 Å². The van der Waals surface area contributed by atoms with Gasteiger partial charge >= 0.3 is 0 Å². The molecule has 1 heterocycles. The van der Waals surface area contributed by atoms with E-state index in [9.17, 15) is 4.79 Å². The average Bonchev–Trinajstić information content (AvgIpc) is 2.40. The second-order valence-electron chi connectivity index (χ2n) is 1.84. The number of carbonyl (C=O) groups is 1. The van der Waals surface area contributed by atoms with E-state index in [1.54, 1.807) is 18.4 Å². The van der Waals surface area contributed by atoms with Crippen LogP contribution in [0, 0.1) is 0 Å². The lowest BCUT2D eigenvalue weighted by atomic mass is 10.3. The topological polar surface area (TPSA) is 42.9 Å². The SMILES string of the molecule is C/C(C=O)=C\c1csnn1. The Morgan fingerprint density at radius 1 is 1.80 bits per heavy atom. The van der Waals surface area contributed by atoms with Crippen LogP contribution in [0.4, 0.5) is 0 Å². The molecular weight excluding hydrogens is 148 g/mol. The van der Waals surface area contributed by atoms with Gasteiger partial charge in [-0.05, 0) is 30.1 Å². The molecule has 1 rings (SSSR count). The van der Waals surface area contributed by atoms with Crippen molar-refractivity contribution >= 4 is 23.9 Å². The molecule has 3 nitrogen and oxygen atoms in total. The summed E-state index contributed by atoms with van der Waals surface area (Å²) in [5.74, 6) is 0. The van der Waals surface area contributed by atoms with E-state index in [-0.39, 0.29) is 0 Å². The largest absolute Gasteiger partial charge is 0.298 e. The van der Waals surface area contributed by atoms with Crippen molar-refractivity contribution in [3.63, 3.8) is 0 Å². The Labute approximate surface area is 62.6 Å². The normalized spacial score (nSPS) is 11.5. The lowest BCUT2D eigenvalue weighted by Gasteiger charge is -1.81. The molecule has 1 aromatic rings. The summed E-state index contributed by atoms with van der Waals surface area (Å²) >= 11 is 1.27. The fourth-order valence-electron chi connectivity index (χ4n) is 0.502. The molecular formula is C6H6N2OS. The molecule has 0 saturated heterocycles. The van der Waals surface area contributed by atoms with Crippen LogP contribution in [0.25, 0.3) is 6.08 Å². The van der Waals surface area contributed by atoms with Crippen molar-refractivity contribution in [2.45, 2.75) is 6.92 Å². The maximum Gasteiger partial charge on any atom is 0.145 e. The summed E-state index contributed by atoms with van der Waals surface area (Å²) in [5.41, 5.74) is 1.40. The number of allylic oxidation sites excluding steroid dienone is 1. The number of aldehydes is 1. The second kappa shape index (κ2) is 3.22. The van der Waals surface area contributed by atoms with E-state index in [1.165, 1.54) is 11.5 Å². The Balaban J connectivity index is 2.80. The van der Waals surface area contributed by atoms with Crippen LogP contribution in [0.3, 0.4) is 0 Å². The minimum absolute atomic E-state index is 0.660. The van der Waals surface area contributed by atoms with Crippen LogP contribution in [-0.2, 0) is 4.79 Å². The highest BCUT2D eigenvalue weighted by Crippen LogP contribution is 2.02. The third kappa shape index (κ3) is 1.73. The molecule has 0 atom stereocenters. The van der Waals surface area contributed by atoms with E-state index < -0.39 is 0 Å². The number of hydrogen-bond acceptors (Lipinski definition) is 4. The smallest absolute Gasteiger partial charge is 0.145 e. The maximum atomic E-state index is 10.1. The predicted octanol–water partition coefficient (Wildman–Crippen LogP) is 1.14. The fourth-order valence-corrected chi connectivity index (χ4v) is 0.914. The predicted molar refractivity (Wildman–Crippen MR) is 39.6 cm³/mol. The van der Waals surface area contributed by atoms with Crippen molar-refractivity contribution in [3.8, 4) is 0 Å². The van der Waals surface area contributed by atoms with Crippen LogP contribution < -0.4 is 0 Å². The highest BCUT2D eigenvalue weighted by Gasteiger charge is 1.90. The summed E-state index contributed by atoms with van der Waals surface area (Å²) in [6.45, 7) is 1.73. The van der Waals surface area contributed by atoms with Crippen LogP contribution in [0.15, 0.2) is 11.0 Å². The Hall–Kier alpha value is -1.03. The van der Waals surface area contributed by atoms with E-state index in [1.807, 2.05) is 0 Å². The van der Waals surface area contributed by atoms with E-state index in [0.717, 1.165) is 12.0 Å². The molecule has 0 amide bonds. The molecule has 0 radical (unpaired) electrons. The van der Waals surface area contributed by atoms with Gasteiger partial charge in [-0.25, -0.2) is 0 Å². The molecule has 0 aliphatic heterocycles. The maximum absolute atomic E-state index is 10.1. The molecule has 0 saturated carbocycles. The van der Waals surface area contributed by atoms with Gasteiger partial charge in [0, 0.05) is 5.38 Å². The standard InChI is InChI=1S/C6H6N2OS/c1-5(3-9)2-6-4-10-8-7-6/h2-4H,1H3/b5-2+. The van der Waals surface area contributed by atoms with Gasteiger partial charge in [0.2, 0.25) is 0 Å². The molecule has 0 unspecified atom stereocenters. The molecule has 52 valence electrons. The molecule has 0 aliphatic rings. The molecule has 0 fully saturated rings. The summed E-state index contributed by atoms with van der Waals surface area (Å²) in [5, 5.41) is 5.52. The Bertz CT molecular complexity index is 240. The van der Waals surface area contributed by atoms with Gasteiger partial charge < -0.3 is 0 Å². The second-order valence-corrected chi connectivity index (χ2v) is 2.45. The van der Waals surface area contributed by atoms with E-state index in [0.29, 0.717) is 5.57 Å². The van der Waals surface area contributed by atoms with Crippen LogP contribution >= 0.6 is 11.5 Å². The van der Waals surface area contributed by atoms with Crippen molar-refractivity contribution < 1.29 is 4.79 Å². The highest BCUT2D eigenvalue weighted by molar-refractivity contribution is 7.03. The molecule has 1 aromatic heterocycles. The third-order valence-electron chi connectivity index (χ3n) is 0.938. The average molecular weight is 154 g/mol. The zero-order valence-corrected chi connectivity index (χ0v) is 6.26. The van der Waals surface area contributed by atoms with Crippen molar-refractivity contribution in [1.82, 2.24) is 9.59 Å². The lowest BCUT2D eigenvalue weighted by molar-refractivity contribution is -0.104. The minimum Gasteiger partial charge on any atom is -0.298 e. The van der Waals surface area contributed by atoms with Gasteiger partial charge in [0.1, 0.15) is 6.29 Å². The Morgan fingerprint density at radius 2 is 2.60 bits per heavy atom. The van der Waals surface area contributed by atoms with Gasteiger partial charge in [-0.1, -0.05) is 4.49 Å². The number of rotatable bonds is 2. The van der Waals surface area contributed by atoms with Gasteiger partial charge in [-0.3, -0.25) is 4.79 Å². The van der Waals surface area contributed by atoms with Gasteiger partial charge in [-0.2, -0.15) is 0 Å². The van der Waals surface area contributed by atoms with Crippen molar-refractivity contribution in [2.75, 3.05) is 0 Å². The van der Waals surface area contributed by atoms with E-state index in [2.05, 4.69) is 9.59 Å². The van der Waals surface area contributed by atoms with E-state index in [4.69, 9.17) is 0 Å². The first-order valence-electron chi connectivity index (χ1n) is 2.73. The molecule has 10 heavy (non-hydrogen) atoms. The van der Waals surface area contributed by atoms with Crippen LogP contribution in [0.2, 0.25) is 0 Å². The summed E-state index contributed by atoms with van der Waals surface area (Å²) in [6, 6.07) is 0.